The summed E-state index contributed by atoms with van der Waals surface area (Å²) in [4.78, 5) is 37.9. The number of sulfonamides is 1. The van der Waals surface area contributed by atoms with Crippen LogP contribution in [0.15, 0.2) is 29.2 Å². The number of nitrogens with zero attached hydrogens (tertiary/aromatic N) is 1. The average molecular weight is 439 g/mol. The van der Waals surface area contributed by atoms with Crippen LogP contribution in [-0.4, -0.2) is 55.7 Å². The van der Waals surface area contributed by atoms with E-state index in [1.54, 1.807) is 4.90 Å². The first-order chi connectivity index (χ1) is 14.0. The molecule has 1 aromatic rings. The topological polar surface area (TPSA) is 110 Å². The third-order valence-electron chi connectivity index (χ3n) is 5.28. The molecule has 3 atom stereocenters. The molecule has 166 valence electrons. The highest BCUT2D eigenvalue weighted by molar-refractivity contribution is 7.89. The number of amides is 1. The molecule has 1 aliphatic heterocycles. The summed E-state index contributed by atoms with van der Waals surface area (Å²) < 4.78 is 32.3. The molecule has 0 spiro atoms. The van der Waals surface area contributed by atoms with Crippen LogP contribution in [0, 0.1) is 0 Å². The number of hydrogen-bond donors (Lipinski definition) is 1. The van der Waals surface area contributed by atoms with Crippen molar-refractivity contribution in [3.05, 3.63) is 29.8 Å². The van der Waals surface area contributed by atoms with Gasteiger partial charge in [-0.15, -0.1) is 0 Å². The average Bonchev–Trinajstić information content (AvgIpc) is 2.67. The fourth-order valence-electron chi connectivity index (χ4n) is 3.63. The summed E-state index contributed by atoms with van der Waals surface area (Å²) in [5, 5.41) is 0. The molecule has 30 heavy (non-hydrogen) atoms. The lowest BCUT2D eigenvalue weighted by atomic mass is 9.97. The van der Waals surface area contributed by atoms with Crippen LogP contribution in [0.1, 0.15) is 63.7 Å². The fourth-order valence-corrected chi connectivity index (χ4v) is 4.70. The summed E-state index contributed by atoms with van der Waals surface area (Å²) in [7, 11) is -3.87. The van der Waals surface area contributed by atoms with Gasteiger partial charge in [0, 0.05) is 24.2 Å². The van der Waals surface area contributed by atoms with E-state index in [1.807, 2.05) is 13.8 Å². The molecular formula is C21H30N2O6S. The van der Waals surface area contributed by atoms with Crippen LogP contribution >= 0.6 is 0 Å². The van der Waals surface area contributed by atoms with E-state index in [0.717, 1.165) is 19.3 Å². The van der Waals surface area contributed by atoms with Gasteiger partial charge in [0.2, 0.25) is 10.0 Å². The van der Waals surface area contributed by atoms with E-state index >= 15 is 0 Å². The highest BCUT2D eigenvalue weighted by atomic mass is 32.2. The van der Waals surface area contributed by atoms with E-state index in [-0.39, 0.29) is 47.2 Å². The van der Waals surface area contributed by atoms with Crippen molar-refractivity contribution in [3.63, 3.8) is 0 Å². The minimum Gasteiger partial charge on any atom is -0.452 e. The van der Waals surface area contributed by atoms with Crippen molar-refractivity contribution < 1.29 is 27.5 Å². The van der Waals surface area contributed by atoms with Crippen LogP contribution in [0.25, 0.3) is 0 Å². The van der Waals surface area contributed by atoms with Crippen molar-refractivity contribution in [1.82, 2.24) is 9.62 Å². The lowest BCUT2D eigenvalue weighted by molar-refractivity contribution is -0.162. The predicted molar refractivity (Wildman–Crippen MR) is 111 cm³/mol. The fraction of sp³-hybridized carbons (Fsp3) is 0.571. The Labute approximate surface area is 178 Å². The molecule has 0 aliphatic carbocycles. The van der Waals surface area contributed by atoms with E-state index in [1.165, 1.54) is 38.1 Å². The number of carbonyl (C=O) groups excluding carboxylic acids is 3. The Hall–Kier alpha value is -2.26. The van der Waals surface area contributed by atoms with Crippen LogP contribution < -0.4 is 4.72 Å². The number of ether oxygens (including phenoxy) is 1. The number of rotatable bonds is 8. The maximum absolute atomic E-state index is 12.7. The minimum atomic E-state index is -3.87. The summed E-state index contributed by atoms with van der Waals surface area (Å²) in [6.07, 6.45) is 1.76. The smallest absolute Gasteiger partial charge is 0.307 e. The Morgan fingerprint density at radius 2 is 1.83 bits per heavy atom. The number of hydrogen-bond acceptors (Lipinski definition) is 6. The molecule has 1 saturated heterocycles. The van der Waals surface area contributed by atoms with Crippen LogP contribution in [-0.2, 0) is 24.3 Å². The van der Waals surface area contributed by atoms with Gasteiger partial charge in [0.15, 0.2) is 11.9 Å². The number of carbonyl (C=O) groups is 3. The van der Waals surface area contributed by atoms with Crippen LogP contribution in [0.4, 0.5) is 0 Å². The molecule has 1 fully saturated rings. The second-order valence-electron chi connectivity index (χ2n) is 7.74. The summed E-state index contributed by atoms with van der Waals surface area (Å²) in [6.45, 7) is 6.67. The molecule has 0 bridgehead atoms. The number of Topliss-reactive ketones (excluding diaryl/α,β-unsaturated/α-hetero) is 1. The van der Waals surface area contributed by atoms with Gasteiger partial charge in [0.25, 0.3) is 5.91 Å². The van der Waals surface area contributed by atoms with E-state index in [4.69, 9.17) is 4.74 Å². The molecule has 1 amide bonds. The first kappa shape index (κ1) is 24.0. The third-order valence-corrected chi connectivity index (χ3v) is 6.73. The molecule has 1 aliphatic rings. The van der Waals surface area contributed by atoms with Gasteiger partial charge in [-0.25, -0.2) is 13.1 Å². The minimum absolute atomic E-state index is 0.0554. The van der Waals surface area contributed by atoms with Crippen molar-refractivity contribution in [1.29, 1.82) is 0 Å². The maximum Gasteiger partial charge on any atom is 0.307 e. The summed E-state index contributed by atoms with van der Waals surface area (Å²) >= 11 is 0. The van der Waals surface area contributed by atoms with Crippen molar-refractivity contribution in [3.8, 4) is 0 Å². The quantitative estimate of drug-likeness (QED) is 0.493. The van der Waals surface area contributed by atoms with E-state index in [0.29, 0.717) is 0 Å². The van der Waals surface area contributed by atoms with Gasteiger partial charge < -0.3 is 9.64 Å². The van der Waals surface area contributed by atoms with Gasteiger partial charge in [-0.05, 0) is 59.1 Å². The standard InChI is InChI=1S/C21H30N2O6S/c1-14-7-5-8-15(2)23(14)21(26)17(4)29-20(25)11-12-22-30(27,28)19-10-6-9-18(13-19)16(3)24/h6,9-10,13-15,17,22H,5,7-8,11-12H2,1-4H3/t14-,15-,17-/m0/s1. The molecule has 9 heteroatoms. The predicted octanol–water partition coefficient (Wildman–Crippen LogP) is 2.28. The number of piperidine rings is 1. The highest BCUT2D eigenvalue weighted by Crippen LogP contribution is 2.23. The molecule has 0 radical (unpaired) electrons. The van der Waals surface area contributed by atoms with Crippen LogP contribution in [0.5, 0.6) is 0 Å². The molecular weight excluding hydrogens is 408 g/mol. The van der Waals surface area contributed by atoms with Crippen molar-refractivity contribution in [2.75, 3.05) is 6.54 Å². The summed E-state index contributed by atoms with van der Waals surface area (Å²) in [6, 6.07) is 5.86. The second kappa shape index (κ2) is 10.2. The van der Waals surface area contributed by atoms with Crippen LogP contribution in [0.2, 0.25) is 0 Å². The summed E-state index contributed by atoms with van der Waals surface area (Å²) in [5.74, 6) is -1.13. The first-order valence-electron chi connectivity index (χ1n) is 10.1. The van der Waals surface area contributed by atoms with Gasteiger partial charge in [0.1, 0.15) is 0 Å². The van der Waals surface area contributed by atoms with Gasteiger partial charge in [-0.2, -0.15) is 0 Å². The number of nitrogens with one attached hydrogen (secondary N) is 1. The Morgan fingerprint density at radius 3 is 2.43 bits per heavy atom. The molecule has 8 nitrogen and oxygen atoms in total. The van der Waals surface area contributed by atoms with Gasteiger partial charge in [-0.3, -0.25) is 14.4 Å². The molecule has 0 saturated carbocycles. The van der Waals surface area contributed by atoms with Crippen molar-refractivity contribution in [2.45, 2.75) is 76.5 Å². The molecule has 1 aromatic carbocycles. The van der Waals surface area contributed by atoms with E-state index in [2.05, 4.69) is 4.72 Å². The molecule has 2 rings (SSSR count). The zero-order valence-electron chi connectivity index (χ0n) is 17.9. The van der Waals surface area contributed by atoms with Crippen LogP contribution in [0.3, 0.4) is 0 Å². The van der Waals surface area contributed by atoms with Crippen molar-refractivity contribution in [2.24, 2.45) is 0 Å². The lowest BCUT2D eigenvalue weighted by Gasteiger charge is -2.40. The van der Waals surface area contributed by atoms with E-state index < -0.39 is 22.1 Å². The zero-order chi connectivity index (χ0) is 22.5. The molecule has 0 aromatic heterocycles. The van der Waals surface area contributed by atoms with Gasteiger partial charge in [-0.1, -0.05) is 12.1 Å². The number of ketones is 1. The monoisotopic (exact) mass is 438 g/mol. The van der Waals surface area contributed by atoms with E-state index in [9.17, 15) is 22.8 Å². The zero-order valence-corrected chi connectivity index (χ0v) is 18.7. The lowest BCUT2D eigenvalue weighted by Crippen LogP contribution is -2.51. The van der Waals surface area contributed by atoms with Crippen molar-refractivity contribution >= 4 is 27.7 Å². The second-order valence-corrected chi connectivity index (χ2v) is 9.51. The Bertz CT molecular complexity index is 889. The molecule has 1 N–H and O–H groups in total. The van der Waals surface area contributed by atoms with Gasteiger partial charge in [0.05, 0.1) is 11.3 Å². The first-order valence-corrected chi connectivity index (χ1v) is 11.6. The normalized spacial score (nSPS) is 20.5. The summed E-state index contributed by atoms with van der Waals surface area (Å²) in [5.41, 5.74) is 0.283. The maximum atomic E-state index is 12.7. The Balaban J connectivity index is 1.87. The Kier molecular flexibility index (Phi) is 8.14. The van der Waals surface area contributed by atoms with Gasteiger partial charge >= 0.3 is 5.97 Å². The molecule has 1 heterocycles. The SMILES string of the molecule is CC(=O)c1cccc(S(=O)(=O)NCCC(=O)O[C@@H](C)C(=O)N2[C@@H](C)CCC[C@@H]2C)c1. The Morgan fingerprint density at radius 1 is 1.20 bits per heavy atom. The number of esters is 1. The number of likely N-dealkylation sites (tertiary alicyclic amines) is 1. The highest BCUT2D eigenvalue weighted by Gasteiger charge is 2.33. The molecule has 0 unspecified atom stereocenters. The number of benzene rings is 1. The third kappa shape index (κ3) is 6.12. The largest absolute Gasteiger partial charge is 0.452 e.